The zero-order valence-electron chi connectivity index (χ0n) is 10.3. The second-order valence-corrected chi connectivity index (χ2v) is 5.42. The average molecular weight is 350 g/mol. The van der Waals surface area contributed by atoms with E-state index in [1.54, 1.807) is 0 Å². The summed E-state index contributed by atoms with van der Waals surface area (Å²) >= 11 is 2.82. The van der Waals surface area contributed by atoms with Crippen LogP contribution in [0.2, 0.25) is 0 Å². The van der Waals surface area contributed by atoms with E-state index in [-0.39, 0.29) is 22.4 Å². The molecule has 20 heavy (non-hydrogen) atoms. The fourth-order valence-corrected chi connectivity index (χ4v) is 2.54. The van der Waals surface area contributed by atoms with Crippen molar-refractivity contribution in [2.75, 3.05) is 13.1 Å². The fraction of sp³-hybridized carbons (Fsp3) is 0.385. The van der Waals surface area contributed by atoms with Gasteiger partial charge >= 0.3 is 6.18 Å². The Balaban J connectivity index is 2.29. The molecule has 1 aromatic rings. The number of nitrogens with zero attached hydrogens (tertiary/aromatic N) is 1. The second kappa shape index (κ2) is 5.55. The molecule has 108 valence electrons. The molecular formula is C13H11BrF3NO2. The number of Topliss-reactive ketones (excluding diaryl/α,β-unsaturated/α-hetero) is 1. The molecule has 0 aliphatic carbocycles. The van der Waals surface area contributed by atoms with E-state index in [9.17, 15) is 22.8 Å². The Bertz CT molecular complexity index is 557. The molecule has 0 saturated carbocycles. The minimum absolute atomic E-state index is 0.0315. The van der Waals surface area contributed by atoms with Gasteiger partial charge in [-0.25, -0.2) is 0 Å². The van der Waals surface area contributed by atoms with Crippen LogP contribution in [0.4, 0.5) is 13.2 Å². The second-order valence-electron chi connectivity index (χ2n) is 4.56. The molecule has 1 aliphatic rings. The molecule has 0 unspecified atom stereocenters. The summed E-state index contributed by atoms with van der Waals surface area (Å²) in [7, 11) is 0. The molecule has 1 aromatic carbocycles. The zero-order chi connectivity index (χ0) is 14.9. The van der Waals surface area contributed by atoms with E-state index < -0.39 is 17.6 Å². The summed E-state index contributed by atoms with van der Waals surface area (Å²) in [5.74, 6) is -0.617. The fourth-order valence-electron chi connectivity index (χ4n) is 2.07. The first-order chi connectivity index (χ1) is 9.29. The van der Waals surface area contributed by atoms with E-state index in [1.807, 2.05) is 0 Å². The van der Waals surface area contributed by atoms with Crippen LogP contribution in [0.15, 0.2) is 22.7 Å². The lowest BCUT2D eigenvalue weighted by Crippen LogP contribution is -2.40. The summed E-state index contributed by atoms with van der Waals surface area (Å²) in [6.45, 7) is 0.359. The quantitative estimate of drug-likeness (QED) is 0.780. The largest absolute Gasteiger partial charge is 0.417 e. The summed E-state index contributed by atoms with van der Waals surface area (Å²) in [6.07, 6.45) is -3.57. The predicted molar refractivity (Wildman–Crippen MR) is 69.3 cm³/mol. The Labute approximate surface area is 121 Å². The van der Waals surface area contributed by atoms with Crippen LogP contribution in [-0.4, -0.2) is 29.7 Å². The Morgan fingerprint density at radius 3 is 2.60 bits per heavy atom. The van der Waals surface area contributed by atoms with Crippen molar-refractivity contribution in [1.29, 1.82) is 0 Å². The van der Waals surface area contributed by atoms with E-state index >= 15 is 0 Å². The highest BCUT2D eigenvalue weighted by Gasteiger charge is 2.34. The van der Waals surface area contributed by atoms with Crippen molar-refractivity contribution in [1.82, 2.24) is 4.90 Å². The molecule has 0 radical (unpaired) electrons. The lowest BCUT2D eigenvalue weighted by molar-refractivity contribution is -0.138. The lowest BCUT2D eigenvalue weighted by atomic mass is 10.1. The standard InChI is InChI=1S/C13H11BrF3NO2/c14-11-4-3-8(6-10(11)13(15,16)17)12(20)18-5-1-2-9(19)7-18/h3-4,6H,1-2,5,7H2. The smallest absolute Gasteiger partial charge is 0.331 e. The van der Waals surface area contributed by atoms with E-state index in [4.69, 9.17) is 0 Å². The minimum atomic E-state index is -4.53. The van der Waals surface area contributed by atoms with Crippen molar-refractivity contribution in [3.8, 4) is 0 Å². The number of hydrogen-bond acceptors (Lipinski definition) is 2. The highest BCUT2D eigenvalue weighted by Crippen LogP contribution is 2.35. The van der Waals surface area contributed by atoms with Crippen LogP contribution in [0.3, 0.4) is 0 Å². The van der Waals surface area contributed by atoms with Crippen molar-refractivity contribution in [2.45, 2.75) is 19.0 Å². The molecule has 0 N–H and O–H groups in total. The number of likely N-dealkylation sites (tertiary alicyclic amines) is 1. The van der Waals surface area contributed by atoms with Crippen molar-refractivity contribution in [3.05, 3.63) is 33.8 Å². The first-order valence-electron chi connectivity index (χ1n) is 5.97. The number of carbonyl (C=O) groups is 2. The van der Waals surface area contributed by atoms with Gasteiger partial charge in [-0.2, -0.15) is 13.2 Å². The van der Waals surface area contributed by atoms with Crippen LogP contribution in [0.25, 0.3) is 0 Å². The SMILES string of the molecule is O=C1CCCN(C(=O)c2ccc(Br)c(C(F)(F)F)c2)C1. The number of halogens is 4. The van der Waals surface area contributed by atoms with Gasteiger partial charge in [-0.05, 0) is 24.6 Å². The Hall–Kier alpha value is -1.37. The van der Waals surface area contributed by atoms with Gasteiger partial charge in [-0.15, -0.1) is 0 Å². The van der Waals surface area contributed by atoms with Gasteiger partial charge < -0.3 is 4.90 Å². The van der Waals surface area contributed by atoms with Crippen molar-refractivity contribution < 1.29 is 22.8 Å². The molecule has 2 rings (SSSR count). The van der Waals surface area contributed by atoms with E-state index in [0.717, 1.165) is 6.07 Å². The number of rotatable bonds is 1. The topological polar surface area (TPSA) is 37.4 Å². The maximum absolute atomic E-state index is 12.8. The van der Waals surface area contributed by atoms with Gasteiger partial charge in [0.2, 0.25) is 0 Å². The van der Waals surface area contributed by atoms with Crippen LogP contribution in [0.5, 0.6) is 0 Å². The monoisotopic (exact) mass is 349 g/mol. The molecule has 1 saturated heterocycles. The van der Waals surface area contributed by atoms with Crippen molar-refractivity contribution in [2.24, 2.45) is 0 Å². The van der Waals surface area contributed by atoms with Gasteiger partial charge in [0.05, 0.1) is 12.1 Å². The number of hydrogen-bond donors (Lipinski definition) is 0. The molecular weight excluding hydrogens is 339 g/mol. The minimum Gasteiger partial charge on any atom is -0.331 e. The van der Waals surface area contributed by atoms with Gasteiger partial charge in [-0.1, -0.05) is 15.9 Å². The lowest BCUT2D eigenvalue weighted by Gasteiger charge is -2.26. The van der Waals surface area contributed by atoms with Crippen LogP contribution in [-0.2, 0) is 11.0 Å². The number of amides is 1. The third-order valence-corrected chi connectivity index (χ3v) is 3.75. The molecule has 0 spiro atoms. The van der Waals surface area contributed by atoms with Crippen LogP contribution >= 0.6 is 15.9 Å². The Kier molecular flexibility index (Phi) is 4.17. The molecule has 0 bridgehead atoms. The van der Waals surface area contributed by atoms with Gasteiger partial charge in [0.25, 0.3) is 5.91 Å². The summed E-state index contributed by atoms with van der Waals surface area (Å²) < 4.78 is 38.2. The van der Waals surface area contributed by atoms with Gasteiger partial charge in [-0.3, -0.25) is 9.59 Å². The normalized spacial score (nSPS) is 16.4. The molecule has 1 fully saturated rings. The first kappa shape index (κ1) is 15.0. The Morgan fingerprint density at radius 2 is 2.00 bits per heavy atom. The number of alkyl halides is 3. The predicted octanol–water partition coefficient (Wildman–Crippen LogP) is 3.27. The van der Waals surface area contributed by atoms with Gasteiger partial charge in [0.15, 0.2) is 5.78 Å². The molecule has 3 nitrogen and oxygen atoms in total. The molecule has 1 aliphatic heterocycles. The summed E-state index contributed by atoms with van der Waals surface area (Å²) in [5.41, 5.74) is -0.957. The zero-order valence-corrected chi connectivity index (χ0v) is 11.9. The van der Waals surface area contributed by atoms with Crippen LogP contribution in [0, 0.1) is 0 Å². The number of piperidine rings is 1. The highest BCUT2D eigenvalue weighted by atomic mass is 79.9. The average Bonchev–Trinajstić information content (AvgIpc) is 2.37. The molecule has 0 aromatic heterocycles. The maximum atomic E-state index is 12.8. The highest BCUT2D eigenvalue weighted by molar-refractivity contribution is 9.10. The third kappa shape index (κ3) is 3.20. The molecule has 1 amide bonds. The van der Waals surface area contributed by atoms with Gasteiger partial charge in [0, 0.05) is 23.0 Å². The van der Waals surface area contributed by atoms with Gasteiger partial charge in [0.1, 0.15) is 0 Å². The van der Waals surface area contributed by atoms with E-state index in [1.165, 1.54) is 17.0 Å². The summed E-state index contributed by atoms with van der Waals surface area (Å²) in [5, 5.41) is 0. The number of benzene rings is 1. The maximum Gasteiger partial charge on any atom is 0.417 e. The van der Waals surface area contributed by atoms with E-state index in [2.05, 4.69) is 15.9 Å². The summed E-state index contributed by atoms with van der Waals surface area (Å²) in [6, 6.07) is 3.33. The van der Waals surface area contributed by atoms with Crippen molar-refractivity contribution >= 4 is 27.6 Å². The molecule has 7 heteroatoms. The molecule has 0 atom stereocenters. The van der Waals surface area contributed by atoms with Crippen LogP contribution < -0.4 is 0 Å². The Morgan fingerprint density at radius 1 is 1.30 bits per heavy atom. The molecule has 1 heterocycles. The number of ketones is 1. The van der Waals surface area contributed by atoms with E-state index in [0.29, 0.717) is 19.4 Å². The van der Waals surface area contributed by atoms with Crippen LogP contribution in [0.1, 0.15) is 28.8 Å². The first-order valence-corrected chi connectivity index (χ1v) is 6.76. The summed E-state index contributed by atoms with van der Waals surface area (Å²) in [4.78, 5) is 24.7. The van der Waals surface area contributed by atoms with Crippen molar-refractivity contribution in [3.63, 3.8) is 0 Å². The number of carbonyl (C=O) groups excluding carboxylic acids is 2. The third-order valence-electron chi connectivity index (χ3n) is 3.06.